The third-order valence-corrected chi connectivity index (χ3v) is 8.61. The highest BCUT2D eigenvalue weighted by Crippen LogP contribution is 2.44. The Kier molecular flexibility index (Phi) is 4.24. The summed E-state index contributed by atoms with van der Waals surface area (Å²) in [5.41, 5.74) is 1.40. The van der Waals surface area contributed by atoms with Crippen LogP contribution in [0.1, 0.15) is 24.8 Å². The topological polar surface area (TPSA) is 9.23 Å². The van der Waals surface area contributed by atoms with Crippen molar-refractivity contribution < 1.29 is 4.74 Å². The lowest BCUT2D eigenvalue weighted by Gasteiger charge is -2.37. The van der Waals surface area contributed by atoms with Gasteiger partial charge in [-0.25, -0.2) is 0 Å². The Morgan fingerprint density at radius 2 is 1.59 bits per heavy atom. The molecule has 1 aliphatic heterocycles. The molecule has 2 atom stereocenters. The zero-order valence-electron chi connectivity index (χ0n) is 13.9. The summed E-state index contributed by atoms with van der Waals surface area (Å²) in [5.74, 6) is 0.518. The molecule has 22 heavy (non-hydrogen) atoms. The van der Waals surface area contributed by atoms with Crippen LogP contribution in [0.3, 0.4) is 0 Å². The summed E-state index contributed by atoms with van der Waals surface area (Å²) < 4.78 is 6.30. The van der Waals surface area contributed by atoms with Crippen molar-refractivity contribution in [3.63, 3.8) is 0 Å². The van der Waals surface area contributed by atoms with Crippen LogP contribution in [0.5, 0.6) is 0 Å². The summed E-state index contributed by atoms with van der Waals surface area (Å²) in [5, 5.41) is 1.53. The molecule has 0 aliphatic carbocycles. The van der Waals surface area contributed by atoms with E-state index in [1.807, 2.05) is 0 Å². The van der Waals surface area contributed by atoms with Crippen molar-refractivity contribution in [2.45, 2.75) is 44.0 Å². The molecule has 0 saturated carbocycles. The molecule has 1 aliphatic rings. The second kappa shape index (κ2) is 6.02. The fourth-order valence-electron chi connectivity index (χ4n) is 4.06. The minimum atomic E-state index is -1.52. The average molecular weight is 311 g/mol. The van der Waals surface area contributed by atoms with Crippen molar-refractivity contribution in [2.24, 2.45) is 0 Å². The van der Waals surface area contributed by atoms with Crippen molar-refractivity contribution in [1.29, 1.82) is 0 Å². The maximum atomic E-state index is 6.30. The summed E-state index contributed by atoms with van der Waals surface area (Å²) in [6.07, 6.45) is 1.14. The first-order chi connectivity index (χ1) is 10.5. The highest BCUT2D eigenvalue weighted by atomic mass is 28.3. The van der Waals surface area contributed by atoms with Crippen LogP contribution in [-0.2, 0) is 4.74 Å². The van der Waals surface area contributed by atoms with Gasteiger partial charge in [-0.05, 0) is 25.0 Å². The molecule has 0 unspecified atom stereocenters. The Balaban J connectivity index is 1.86. The second-order valence-electron chi connectivity index (χ2n) is 7.34. The van der Waals surface area contributed by atoms with Crippen LogP contribution in [0.25, 0.3) is 0 Å². The first kappa shape index (κ1) is 15.5. The standard InChI is InChI=1S/C20H26OSi/c1-20(16-22(2,3)18-12-8-5-9-13-18)19(14-15-21-20)17-10-6-4-7-11-17/h4-13,19H,14-16H2,1-3H3/t19-,20+/m0/s1. The summed E-state index contributed by atoms with van der Waals surface area (Å²) in [6, 6.07) is 23.1. The largest absolute Gasteiger partial charge is 0.375 e. The van der Waals surface area contributed by atoms with Crippen LogP contribution in [-0.4, -0.2) is 20.3 Å². The summed E-state index contributed by atoms with van der Waals surface area (Å²) in [4.78, 5) is 0. The van der Waals surface area contributed by atoms with Gasteiger partial charge in [0.1, 0.15) is 0 Å². The van der Waals surface area contributed by atoms with E-state index in [0.29, 0.717) is 5.92 Å². The van der Waals surface area contributed by atoms with Gasteiger partial charge in [-0.2, -0.15) is 0 Å². The molecule has 1 nitrogen and oxygen atoms in total. The molecule has 0 radical (unpaired) electrons. The van der Waals surface area contributed by atoms with Crippen molar-refractivity contribution in [2.75, 3.05) is 6.61 Å². The van der Waals surface area contributed by atoms with E-state index in [1.165, 1.54) is 16.8 Å². The molecule has 3 rings (SSSR count). The van der Waals surface area contributed by atoms with Crippen LogP contribution in [0.2, 0.25) is 19.1 Å². The predicted octanol–water partition coefficient (Wildman–Crippen LogP) is 4.56. The molecule has 1 saturated heterocycles. The fraction of sp³-hybridized carbons (Fsp3) is 0.400. The molecule has 0 amide bonds. The smallest absolute Gasteiger partial charge is 0.0834 e. The third-order valence-electron chi connectivity index (χ3n) is 5.13. The molecular formula is C20H26OSi. The van der Waals surface area contributed by atoms with Crippen LogP contribution < -0.4 is 5.19 Å². The number of rotatable bonds is 4. The lowest BCUT2D eigenvalue weighted by molar-refractivity contribution is 0.0262. The summed E-state index contributed by atoms with van der Waals surface area (Å²) in [7, 11) is -1.52. The van der Waals surface area contributed by atoms with Crippen LogP contribution in [0.4, 0.5) is 0 Å². The van der Waals surface area contributed by atoms with Gasteiger partial charge in [0.25, 0.3) is 0 Å². The van der Waals surface area contributed by atoms with E-state index in [2.05, 4.69) is 80.7 Å². The third kappa shape index (κ3) is 3.04. The molecule has 0 bridgehead atoms. The SMILES string of the molecule is C[C@]1(C[Si](C)(C)c2ccccc2)OCC[C@H]1c1ccccc1. The zero-order chi connectivity index (χ0) is 15.6. The maximum absolute atomic E-state index is 6.30. The molecule has 116 valence electrons. The monoisotopic (exact) mass is 310 g/mol. The van der Waals surface area contributed by atoms with Crippen molar-refractivity contribution in [3.8, 4) is 0 Å². The zero-order valence-corrected chi connectivity index (χ0v) is 14.9. The molecule has 2 aromatic rings. The second-order valence-corrected chi connectivity index (χ2v) is 12.0. The van der Waals surface area contributed by atoms with Gasteiger partial charge in [0.2, 0.25) is 0 Å². The van der Waals surface area contributed by atoms with Crippen LogP contribution in [0.15, 0.2) is 60.7 Å². The van der Waals surface area contributed by atoms with Gasteiger partial charge >= 0.3 is 0 Å². The highest BCUT2D eigenvalue weighted by molar-refractivity contribution is 6.90. The molecule has 0 N–H and O–H groups in total. The van der Waals surface area contributed by atoms with Crippen molar-refractivity contribution >= 4 is 13.3 Å². The fourth-order valence-corrected chi connectivity index (χ4v) is 7.47. The predicted molar refractivity (Wildman–Crippen MR) is 96.5 cm³/mol. The van der Waals surface area contributed by atoms with E-state index in [1.54, 1.807) is 0 Å². The lowest BCUT2D eigenvalue weighted by Crippen LogP contribution is -2.49. The molecular weight excluding hydrogens is 284 g/mol. The van der Waals surface area contributed by atoms with E-state index < -0.39 is 8.07 Å². The Labute approximate surface area is 135 Å². The van der Waals surface area contributed by atoms with Gasteiger partial charge in [-0.3, -0.25) is 0 Å². The van der Waals surface area contributed by atoms with E-state index in [4.69, 9.17) is 4.74 Å². The molecule has 0 aromatic heterocycles. The summed E-state index contributed by atoms with van der Waals surface area (Å²) in [6.45, 7) is 8.15. The lowest BCUT2D eigenvalue weighted by atomic mass is 9.84. The van der Waals surface area contributed by atoms with E-state index in [-0.39, 0.29) is 5.60 Å². The minimum Gasteiger partial charge on any atom is -0.375 e. The molecule has 1 heterocycles. The number of benzene rings is 2. The first-order valence-corrected chi connectivity index (χ1v) is 11.5. The van der Waals surface area contributed by atoms with Gasteiger partial charge in [0.05, 0.1) is 13.7 Å². The minimum absolute atomic E-state index is 0.0348. The van der Waals surface area contributed by atoms with Crippen molar-refractivity contribution in [1.82, 2.24) is 0 Å². The van der Waals surface area contributed by atoms with Crippen LogP contribution in [0, 0.1) is 0 Å². The number of hydrogen-bond donors (Lipinski definition) is 0. The molecule has 0 spiro atoms. The maximum Gasteiger partial charge on any atom is 0.0834 e. The van der Waals surface area contributed by atoms with Gasteiger partial charge in [0, 0.05) is 12.5 Å². The number of hydrogen-bond acceptors (Lipinski definition) is 1. The van der Waals surface area contributed by atoms with Crippen LogP contribution >= 0.6 is 0 Å². The Bertz CT molecular complexity index is 608. The Morgan fingerprint density at radius 3 is 2.23 bits per heavy atom. The molecule has 2 heteroatoms. The summed E-state index contributed by atoms with van der Waals surface area (Å²) >= 11 is 0. The highest BCUT2D eigenvalue weighted by Gasteiger charge is 2.45. The van der Waals surface area contributed by atoms with Gasteiger partial charge in [-0.15, -0.1) is 0 Å². The molecule has 1 fully saturated rings. The van der Waals surface area contributed by atoms with Gasteiger partial charge in [-0.1, -0.05) is 78.9 Å². The van der Waals surface area contributed by atoms with E-state index in [0.717, 1.165) is 13.0 Å². The molecule has 2 aromatic carbocycles. The number of ether oxygens (including phenoxy) is 1. The van der Waals surface area contributed by atoms with E-state index in [9.17, 15) is 0 Å². The van der Waals surface area contributed by atoms with Gasteiger partial charge < -0.3 is 4.74 Å². The van der Waals surface area contributed by atoms with Gasteiger partial charge in [0.15, 0.2) is 0 Å². The first-order valence-electron chi connectivity index (χ1n) is 8.26. The van der Waals surface area contributed by atoms with Crippen molar-refractivity contribution in [3.05, 3.63) is 66.2 Å². The van der Waals surface area contributed by atoms with E-state index >= 15 is 0 Å². The Hall–Kier alpha value is -1.38. The Morgan fingerprint density at radius 1 is 1.00 bits per heavy atom. The quantitative estimate of drug-likeness (QED) is 0.752. The average Bonchev–Trinajstić information content (AvgIpc) is 2.89. The normalized spacial score (nSPS) is 25.3.